The van der Waals surface area contributed by atoms with Gasteiger partial charge in [0.25, 0.3) is 0 Å². The molecule has 0 saturated carbocycles. The van der Waals surface area contributed by atoms with Gasteiger partial charge in [-0.3, -0.25) is 4.99 Å². The molecule has 1 amide bonds. The topological polar surface area (TPSA) is 81.2 Å². The minimum atomic E-state index is -0.493. The molecule has 1 aliphatic heterocycles. The Hall–Kier alpha value is -1.54. The van der Waals surface area contributed by atoms with E-state index in [1.807, 2.05) is 20.8 Å². The van der Waals surface area contributed by atoms with Crippen molar-refractivity contribution in [1.82, 2.24) is 25.8 Å². The summed E-state index contributed by atoms with van der Waals surface area (Å²) in [5.41, 5.74) is -0.493. The minimum Gasteiger partial charge on any atom is -0.444 e. The van der Waals surface area contributed by atoms with E-state index in [2.05, 4.69) is 53.6 Å². The highest BCUT2D eigenvalue weighted by Gasteiger charge is 2.19. The van der Waals surface area contributed by atoms with Crippen LogP contribution in [0.15, 0.2) is 4.99 Å². The number of amides is 1. The van der Waals surface area contributed by atoms with Gasteiger partial charge in [-0.05, 0) is 47.1 Å². The van der Waals surface area contributed by atoms with E-state index >= 15 is 0 Å². The van der Waals surface area contributed by atoms with Gasteiger partial charge in [0.1, 0.15) is 5.60 Å². The van der Waals surface area contributed by atoms with Gasteiger partial charge < -0.3 is 30.5 Å². The van der Waals surface area contributed by atoms with Crippen molar-refractivity contribution in [3.05, 3.63) is 0 Å². The highest BCUT2D eigenvalue weighted by molar-refractivity contribution is 5.80. The second-order valence-electron chi connectivity index (χ2n) is 9.79. The first-order valence-electron chi connectivity index (χ1n) is 12.1. The van der Waals surface area contributed by atoms with Crippen LogP contribution >= 0.6 is 0 Å². The smallest absolute Gasteiger partial charge is 0.407 e. The number of piperazine rings is 1. The summed E-state index contributed by atoms with van der Waals surface area (Å²) in [5, 5.41) is 9.78. The molecular weight excluding hydrogens is 392 g/mol. The number of rotatable bonds is 11. The van der Waals surface area contributed by atoms with Crippen LogP contribution in [-0.4, -0.2) is 92.9 Å². The summed E-state index contributed by atoms with van der Waals surface area (Å²) in [6.07, 6.45) is 2.79. The molecule has 2 atom stereocenters. The molecule has 1 aliphatic rings. The lowest BCUT2D eigenvalue weighted by Crippen LogP contribution is -2.49. The molecule has 0 bridgehead atoms. The van der Waals surface area contributed by atoms with Crippen LogP contribution in [0.2, 0.25) is 0 Å². The molecule has 3 N–H and O–H groups in total. The Morgan fingerprint density at radius 3 is 2.39 bits per heavy atom. The number of carbonyl (C=O) groups excluding carboxylic acids is 1. The third kappa shape index (κ3) is 13.5. The maximum Gasteiger partial charge on any atom is 0.407 e. The van der Waals surface area contributed by atoms with Gasteiger partial charge in [0.05, 0.1) is 0 Å². The zero-order chi connectivity index (χ0) is 23.3. The van der Waals surface area contributed by atoms with Crippen LogP contribution in [0.5, 0.6) is 0 Å². The van der Waals surface area contributed by atoms with Gasteiger partial charge in [0.2, 0.25) is 0 Å². The molecular formula is C23H48N6O2. The lowest BCUT2D eigenvalue weighted by atomic mass is 10.1. The molecule has 0 radical (unpaired) electrons. The average molecular weight is 441 g/mol. The molecule has 0 aliphatic carbocycles. The van der Waals surface area contributed by atoms with E-state index in [1.54, 1.807) is 0 Å². The highest BCUT2D eigenvalue weighted by atomic mass is 16.6. The predicted octanol–water partition coefficient (Wildman–Crippen LogP) is 2.51. The highest BCUT2D eigenvalue weighted by Crippen LogP contribution is 2.07. The van der Waals surface area contributed by atoms with Crippen molar-refractivity contribution >= 4 is 12.1 Å². The fourth-order valence-electron chi connectivity index (χ4n) is 3.49. The average Bonchev–Trinajstić information content (AvgIpc) is 2.68. The number of likely N-dealkylation sites (N-methyl/N-ethyl adjacent to an activating group) is 1. The molecule has 1 heterocycles. The van der Waals surface area contributed by atoms with E-state index < -0.39 is 5.60 Å². The maximum absolute atomic E-state index is 12.1. The number of unbranched alkanes of at least 4 members (excludes halogenated alkanes) is 1. The van der Waals surface area contributed by atoms with Crippen molar-refractivity contribution in [2.24, 2.45) is 10.9 Å². The van der Waals surface area contributed by atoms with Gasteiger partial charge in [-0.15, -0.1) is 0 Å². The number of nitrogens with zero attached hydrogens (tertiary/aromatic N) is 3. The van der Waals surface area contributed by atoms with Crippen molar-refractivity contribution in [3.63, 3.8) is 0 Å². The van der Waals surface area contributed by atoms with E-state index in [0.717, 1.165) is 71.0 Å². The lowest BCUT2D eigenvalue weighted by Gasteiger charge is -2.33. The summed E-state index contributed by atoms with van der Waals surface area (Å²) in [4.78, 5) is 21.8. The first-order valence-corrected chi connectivity index (χ1v) is 12.1. The Kier molecular flexibility index (Phi) is 12.9. The van der Waals surface area contributed by atoms with Gasteiger partial charge in [0.15, 0.2) is 5.96 Å². The van der Waals surface area contributed by atoms with Crippen LogP contribution in [0.3, 0.4) is 0 Å². The molecule has 0 spiro atoms. The minimum absolute atomic E-state index is 0.109. The normalized spacial score (nSPS) is 18.4. The summed E-state index contributed by atoms with van der Waals surface area (Å²) < 4.78 is 5.37. The quantitative estimate of drug-likeness (QED) is 0.338. The summed E-state index contributed by atoms with van der Waals surface area (Å²) in [6, 6.07) is 0.109. The Balaban J connectivity index is 2.58. The monoisotopic (exact) mass is 440 g/mol. The fraction of sp³-hybridized carbons (Fsp3) is 0.913. The molecule has 1 rings (SSSR count). The SMILES string of the molecule is CCCCC(CNC(=O)OC(C)(C)C)NC(=NCC(C)CN1CCN(C)CC1)NCC. The summed E-state index contributed by atoms with van der Waals surface area (Å²) in [6.45, 7) is 19.9. The van der Waals surface area contributed by atoms with Crippen LogP contribution in [0, 0.1) is 5.92 Å². The second-order valence-corrected chi connectivity index (χ2v) is 9.79. The molecule has 182 valence electrons. The van der Waals surface area contributed by atoms with Crippen LogP contribution in [0.4, 0.5) is 4.79 Å². The fourth-order valence-corrected chi connectivity index (χ4v) is 3.49. The number of alkyl carbamates (subject to hydrolysis) is 1. The van der Waals surface area contributed by atoms with Crippen molar-refractivity contribution in [3.8, 4) is 0 Å². The maximum atomic E-state index is 12.1. The van der Waals surface area contributed by atoms with E-state index in [-0.39, 0.29) is 12.1 Å². The first-order chi connectivity index (χ1) is 14.6. The lowest BCUT2D eigenvalue weighted by molar-refractivity contribution is 0.0522. The molecule has 8 heteroatoms. The first kappa shape index (κ1) is 27.5. The standard InChI is InChI=1S/C23H48N6O2/c1-8-10-11-20(17-26-22(30)31-23(4,5)6)27-21(24-9-2)25-16-19(3)18-29-14-12-28(7)13-15-29/h19-20H,8-18H2,1-7H3,(H,26,30)(H2,24,25,27). The van der Waals surface area contributed by atoms with Crippen LogP contribution in [0.25, 0.3) is 0 Å². The summed E-state index contributed by atoms with van der Waals surface area (Å²) in [5.74, 6) is 1.31. The van der Waals surface area contributed by atoms with Crippen LogP contribution in [0.1, 0.15) is 60.8 Å². The van der Waals surface area contributed by atoms with Gasteiger partial charge >= 0.3 is 6.09 Å². The zero-order valence-corrected chi connectivity index (χ0v) is 21.1. The number of guanidine groups is 1. The molecule has 0 aromatic heterocycles. The van der Waals surface area contributed by atoms with Gasteiger partial charge in [-0.1, -0.05) is 26.7 Å². The molecule has 8 nitrogen and oxygen atoms in total. The Bertz CT molecular complexity index is 527. The molecule has 1 fully saturated rings. The third-order valence-corrected chi connectivity index (χ3v) is 5.21. The number of hydrogen-bond acceptors (Lipinski definition) is 5. The second kappa shape index (κ2) is 14.5. The predicted molar refractivity (Wildman–Crippen MR) is 130 cm³/mol. The van der Waals surface area contributed by atoms with Crippen molar-refractivity contribution in [2.45, 2.75) is 72.4 Å². The van der Waals surface area contributed by atoms with Gasteiger partial charge in [0, 0.05) is 58.4 Å². The molecule has 1 saturated heterocycles. The number of hydrogen-bond donors (Lipinski definition) is 3. The largest absolute Gasteiger partial charge is 0.444 e. The van der Waals surface area contributed by atoms with Crippen molar-refractivity contribution in [1.29, 1.82) is 0 Å². The van der Waals surface area contributed by atoms with E-state index in [9.17, 15) is 4.79 Å². The number of nitrogens with one attached hydrogen (secondary N) is 3. The van der Waals surface area contributed by atoms with Crippen LogP contribution < -0.4 is 16.0 Å². The Morgan fingerprint density at radius 2 is 1.81 bits per heavy atom. The summed E-state index contributed by atoms with van der Waals surface area (Å²) >= 11 is 0. The number of carbonyl (C=O) groups is 1. The van der Waals surface area contributed by atoms with E-state index in [0.29, 0.717) is 12.5 Å². The van der Waals surface area contributed by atoms with E-state index in [1.165, 1.54) is 0 Å². The number of aliphatic imine (C=N–C) groups is 1. The van der Waals surface area contributed by atoms with E-state index in [4.69, 9.17) is 9.73 Å². The molecule has 31 heavy (non-hydrogen) atoms. The molecule has 2 unspecified atom stereocenters. The third-order valence-electron chi connectivity index (χ3n) is 5.21. The number of ether oxygens (including phenoxy) is 1. The summed E-state index contributed by atoms with van der Waals surface area (Å²) in [7, 11) is 2.19. The molecule has 0 aromatic rings. The van der Waals surface area contributed by atoms with Crippen molar-refractivity contribution < 1.29 is 9.53 Å². The van der Waals surface area contributed by atoms with Gasteiger partial charge in [-0.25, -0.2) is 4.79 Å². The Morgan fingerprint density at radius 1 is 1.13 bits per heavy atom. The van der Waals surface area contributed by atoms with Crippen molar-refractivity contribution in [2.75, 3.05) is 59.4 Å². The zero-order valence-electron chi connectivity index (χ0n) is 21.1. The van der Waals surface area contributed by atoms with Crippen LogP contribution in [-0.2, 0) is 4.74 Å². The molecule has 0 aromatic carbocycles. The Labute approximate surface area is 190 Å². The van der Waals surface area contributed by atoms with Gasteiger partial charge in [-0.2, -0.15) is 0 Å².